The molecule has 1 N–H and O–H groups in total. The summed E-state index contributed by atoms with van der Waals surface area (Å²) in [6, 6.07) is 1.78. The molecule has 2 aromatic heterocycles. The van der Waals surface area contributed by atoms with Crippen molar-refractivity contribution in [3.63, 3.8) is 0 Å². The Labute approximate surface area is 104 Å². The molecular weight excluding hydrogens is 232 g/mol. The molecule has 0 atom stereocenters. The summed E-state index contributed by atoms with van der Waals surface area (Å²) in [5.41, 5.74) is 1.43. The molecule has 0 unspecified atom stereocenters. The summed E-state index contributed by atoms with van der Waals surface area (Å²) < 4.78 is 1.65. The molecule has 2 aromatic rings. The summed E-state index contributed by atoms with van der Waals surface area (Å²) in [4.78, 5) is 17.6. The highest BCUT2D eigenvalue weighted by molar-refractivity contribution is 5.89. The van der Waals surface area contributed by atoms with Crippen molar-refractivity contribution >= 4 is 11.6 Å². The molecule has 0 aromatic carbocycles. The normalized spacial score (nSPS) is 17.3. The monoisotopic (exact) mass is 246 g/mol. The molecule has 94 valence electrons. The number of aromatic carboxylic acids is 1. The van der Waals surface area contributed by atoms with Gasteiger partial charge in [-0.25, -0.2) is 14.3 Å². The molecule has 1 aliphatic carbocycles. The van der Waals surface area contributed by atoms with E-state index in [9.17, 15) is 9.90 Å². The van der Waals surface area contributed by atoms with Crippen molar-refractivity contribution in [3.05, 3.63) is 29.7 Å². The van der Waals surface area contributed by atoms with Gasteiger partial charge in [0.25, 0.3) is 0 Å². The van der Waals surface area contributed by atoms with E-state index in [1.165, 1.54) is 6.20 Å². The van der Waals surface area contributed by atoms with Gasteiger partial charge in [-0.15, -0.1) is 0 Å². The van der Waals surface area contributed by atoms with Crippen LogP contribution in [0.15, 0.2) is 18.5 Å². The van der Waals surface area contributed by atoms with E-state index in [4.69, 9.17) is 0 Å². The standard InChI is InChI=1S/C12H14N4O2/c1-15(2)12(4-5-12)10-8(11(17)18)7-13-9-3-6-14-16(9)10/h3,6-7H,4-5H2,1-2H3,(H,17,18). The molecule has 1 fully saturated rings. The number of fused-ring (bicyclic) bond motifs is 1. The quantitative estimate of drug-likeness (QED) is 0.874. The van der Waals surface area contributed by atoms with Gasteiger partial charge >= 0.3 is 5.97 Å². The summed E-state index contributed by atoms with van der Waals surface area (Å²) in [7, 11) is 3.93. The average Bonchev–Trinajstić information content (AvgIpc) is 2.99. The second-order valence-electron chi connectivity index (χ2n) is 4.85. The number of carboxylic acid groups (broad SMARTS) is 1. The van der Waals surface area contributed by atoms with E-state index in [-0.39, 0.29) is 11.1 Å². The minimum atomic E-state index is -0.956. The molecule has 6 heteroatoms. The number of carboxylic acids is 1. The highest BCUT2D eigenvalue weighted by Crippen LogP contribution is 2.50. The van der Waals surface area contributed by atoms with Gasteiger partial charge in [0.1, 0.15) is 5.56 Å². The zero-order valence-corrected chi connectivity index (χ0v) is 10.3. The highest BCUT2D eigenvalue weighted by Gasteiger charge is 2.50. The van der Waals surface area contributed by atoms with Crippen molar-refractivity contribution in [2.24, 2.45) is 0 Å². The van der Waals surface area contributed by atoms with Gasteiger partial charge in [0.2, 0.25) is 0 Å². The van der Waals surface area contributed by atoms with Crippen molar-refractivity contribution in [1.82, 2.24) is 19.5 Å². The summed E-state index contributed by atoms with van der Waals surface area (Å²) in [6.07, 6.45) is 4.96. The van der Waals surface area contributed by atoms with Crippen molar-refractivity contribution in [2.75, 3.05) is 14.1 Å². The fraction of sp³-hybridized carbons (Fsp3) is 0.417. The predicted octanol–water partition coefficient (Wildman–Crippen LogP) is 0.978. The van der Waals surface area contributed by atoms with E-state index >= 15 is 0 Å². The lowest BCUT2D eigenvalue weighted by Crippen LogP contribution is -2.32. The molecule has 1 saturated carbocycles. The van der Waals surface area contributed by atoms with Crippen LogP contribution < -0.4 is 0 Å². The van der Waals surface area contributed by atoms with Crippen LogP contribution in [0.5, 0.6) is 0 Å². The first-order valence-corrected chi connectivity index (χ1v) is 5.80. The first-order valence-electron chi connectivity index (χ1n) is 5.80. The van der Waals surface area contributed by atoms with Crippen LogP contribution >= 0.6 is 0 Å². The molecule has 6 nitrogen and oxygen atoms in total. The molecule has 18 heavy (non-hydrogen) atoms. The van der Waals surface area contributed by atoms with Gasteiger partial charge < -0.3 is 5.11 Å². The largest absolute Gasteiger partial charge is 0.478 e. The zero-order chi connectivity index (χ0) is 12.9. The van der Waals surface area contributed by atoms with Gasteiger partial charge in [0, 0.05) is 12.3 Å². The maximum Gasteiger partial charge on any atom is 0.339 e. The van der Waals surface area contributed by atoms with E-state index in [0.717, 1.165) is 18.5 Å². The van der Waals surface area contributed by atoms with Gasteiger partial charge in [-0.3, -0.25) is 4.90 Å². The topological polar surface area (TPSA) is 70.7 Å². The Morgan fingerprint density at radius 2 is 2.22 bits per heavy atom. The number of hydrogen-bond acceptors (Lipinski definition) is 4. The van der Waals surface area contributed by atoms with Gasteiger partial charge in [-0.1, -0.05) is 0 Å². The first-order chi connectivity index (χ1) is 8.56. The third kappa shape index (κ3) is 1.35. The second kappa shape index (κ2) is 3.52. The Bertz CT molecular complexity index is 628. The van der Waals surface area contributed by atoms with E-state index < -0.39 is 5.97 Å². The third-order valence-corrected chi connectivity index (χ3v) is 3.67. The molecule has 0 radical (unpaired) electrons. The Morgan fingerprint density at radius 3 is 2.78 bits per heavy atom. The molecule has 3 rings (SSSR count). The number of aromatic nitrogens is 3. The molecule has 0 aliphatic heterocycles. The molecule has 0 spiro atoms. The minimum Gasteiger partial charge on any atom is -0.478 e. The van der Waals surface area contributed by atoms with Gasteiger partial charge in [0.05, 0.1) is 17.4 Å². The first kappa shape index (κ1) is 11.2. The number of hydrogen-bond donors (Lipinski definition) is 1. The molecule has 0 saturated heterocycles. The maximum atomic E-state index is 11.4. The van der Waals surface area contributed by atoms with Crippen molar-refractivity contribution in [2.45, 2.75) is 18.4 Å². The highest BCUT2D eigenvalue weighted by atomic mass is 16.4. The van der Waals surface area contributed by atoms with E-state index in [0.29, 0.717) is 5.65 Å². The van der Waals surface area contributed by atoms with Crippen molar-refractivity contribution < 1.29 is 9.90 Å². The molecule has 2 heterocycles. The van der Waals surface area contributed by atoms with Crippen LogP contribution in [0.4, 0.5) is 0 Å². The van der Waals surface area contributed by atoms with Crippen molar-refractivity contribution in [3.8, 4) is 0 Å². The summed E-state index contributed by atoms with van der Waals surface area (Å²) in [6.45, 7) is 0. The zero-order valence-electron chi connectivity index (χ0n) is 10.3. The minimum absolute atomic E-state index is 0.221. The summed E-state index contributed by atoms with van der Waals surface area (Å²) in [5.74, 6) is -0.956. The number of carbonyl (C=O) groups is 1. The van der Waals surface area contributed by atoms with Crippen LogP contribution in [-0.4, -0.2) is 44.7 Å². The lowest BCUT2D eigenvalue weighted by molar-refractivity contribution is 0.0690. The number of rotatable bonds is 3. The van der Waals surface area contributed by atoms with Gasteiger partial charge in [0.15, 0.2) is 5.65 Å². The fourth-order valence-electron chi connectivity index (χ4n) is 2.49. The van der Waals surface area contributed by atoms with E-state index in [2.05, 4.69) is 15.0 Å². The fourth-order valence-corrected chi connectivity index (χ4v) is 2.49. The van der Waals surface area contributed by atoms with Crippen LogP contribution in [0.3, 0.4) is 0 Å². The van der Waals surface area contributed by atoms with Crippen LogP contribution in [0.2, 0.25) is 0 Å². The van der Waals surface area contributed by atoms with Crippen LogP contribution in [0.1, 0.15) is 28.9 Å². The third-order valence-electron chi connectivity index (χ3n) is 3.67. The predicted molar refractivity (Wildman–Crippen MR) is 64.5 cm³/mol. The van der Waals surface area contributed by atoms with Gasteiger partial charge in [-0.2, -0.15) is 5.10 Å². The maximum absolute atomic E-state index is 11.4. The molecule has 0 bridgehead atoms. The van der Waals surface area contributed by atoms with E-state index in [1.54, 1.807) is 16.8 Å². The van der Waals surface area contributed by atoms with Crippen molar-refractivity contribution in [1.29, 1.82) is 0 Å². The molecular formula is C12H14N4O2. The SMILES string of the molecule is CN(C)C1(c2c(C(=O)O)cnc3ccnn23)CC1. The van der Waals surface area contributed by atoms with Crippen LogP contribution in [-0.2, 0) is 5.54 Å². The Balaban J connectivity index is 2.33. The molecule has 1 aliphatic rings. The summed E-state index contributed by atoms with van der Waals surface area (Å²) >= 11 is 0. The Morgan fingerprint density at radius 1 is 1.50 bits per heavy atom. The van der Waals surface area contributed by atoms with Crippen LogP contribution in [0.25, 0.3) is 5.65 Å². The Hall–Kier alpha value is -1.95. The van der Waals surface area contributed by atoms with Crippen LogP contribution in [0, 0.1) is 0 Å². The smallest absolute Gasteiger partial charge is 0.339 e. The summed E-state index contributed by atoms with van der Waals surface area (Å²) in [5, 5.41) is 13.6. The lowest BCUT2D eigenvalue weighted by Gasteiger charge is -2.25. The second-order valence-corrected chi connectivity index (χ2v) is 4.85. The van der Waals surface area contributed by atoms with Gasteiger partial charge in [-0.05, 0) is 26.9 Å². The van der Waals surface area contributed by atoms with E-state index in [1.807, 2.05) is 14.1 Å². The lowest BCUT2D eigenvalue weighted by atomic mass is 10.1. The molecule has 0 amide bonds. The Kier molecular flexibility index (Phi) is 2.18. The number of nitrogens with zero attached hydrogens (tertiary/aromatic N) is 4. The average molecular weight is 246 g/mol.